The van der Waals surface area contributed by atoms with Crippen molar-refractivity contribution in [2.24, 2.45) is 11.8 Å². The Balaban J connectivity index is 0.000000138. The van der Waals surface area contributed by atoms with Crippen LogP contribution in [0.2, 0.25) is 44.3 Å². The number of rotatable bonds is 18. The number of aliphatic hydroxyl groups excluding tert-OH is 3. The number of hydrogen-bond acceptors (Lipinski definition) is 32. The van der Waals surface area contributed by atoms with Crippen molar-refractivity contribution in [2.75, 3.05) is 55.1 Å². The van der Waals surface area contributed by atoms with E-state index in [1.807, 2.05) is 100 Å². The van der Waals surface area contributed by atoms with Crippen LogP contribution in [0.1, 0.15) is 223 Å². The van der Waals surface area contributed by atoms with Crippen molar-refractivity contribution >= 4 is 108 Å². The molecule has 0 bridgehead atoms. The third-order valence-electron chi connectivity index (χ3n) is 26.6. The molecule has 0 radical (unpaired) electrons. The van der Waals surface area contributed by atoms with E-state index in [4.69, 9.17) is 105 Å². The molecule has 0 saturated carbocycles. The van der Waals surface area contributed by atoms with Crippen LogP contribution in [-0.2, 0) is 54.4 Å². The molecule has 10 aromatic heterocycles. The van der Waals surface area contributed by atoms with Gasteiger partial charge < -0.3 is 103 Å². The minimum absolute atomic E-state index is 0.0256. The lowest BCUT2D eigenvalue weighted by molar-refractivity contribution is -0.0399. The van der Waals surface area contributed by atoms with E-state index in [0.717, 1.165) is 70.7 Å². The first kappa shape index (κ1) is 97.3. The van der Waals surface area contributed by atoms with Crippen LogP contribution in [0, 0.1) is 11.8 Å². The predicted octanol–water partition coefficient (Wildman–Crippen LogP) is 14.0. The number of nitrogen functional groups attached to an aromatic ring is 5. The van der Waals surface area contributed by atoms with Crippen LogP contribution in [-0.4, -0.2) is 209 Å². The maximum atomic E-state index is 9.73. The maximum Gasteiger partial charge on any atom is 0.358 e. The summed E-state index contributed by atoms with van der Waals surface area (Å²) in [4.78, 5) is 20.1. The molecule has 11 aromatic rings. The average molecular weight is 1880 g/mol. The molecule has 0 unspecified atom stereocenters. The SMILES string of the molecule is CC(C)[Si]1(C(C)C)OC[C@H]2O[C@@H](c3ccc4c(N)ncnn34)C[C@@H]2O[Si](C(C)C)(C(C)C)O1.CC(C)[Si]1(C(C)C)OC[C@H]2O[C@@H](c3ccc4c(N)ncnn34)[C@H](OC(=S)Oc3ccccc3)[C@@H]2O[Si](C(C)C)(C(C)C)O1.CC[C@H]1O[C@@H](c2ccc3c(N)ncnn23)C[C@@H]1C.C[C@H]1C[C@H](c2ccc3c(N)ncnn23)O[C@@H]1CO.Nc1ncnn2c([C@H]3C[C@H](O)[C@@H](CO)O3)ccc12. The fraction of sp³-hybridized carbons (Fsp3) is 0.584. The van der Waals surface area contributed by atoms with Gasteiger partial charge in [0, 0.05) is 25.1 Å². The third-order valence-corrected chi connectivity index (χ3v) is 47.3. The first-order valence-corrected chi connectivity index (χ1v) is 53.9. The summed E-state index contributed by atoms with van der Waals surface area (Å²) in [6, 6.07) is 28.6. The maximum absolute atomic E-state index is 9.73. The second kappa shape index (κ2) is 40.6. The van der Waals surface area contributed by atoms with E-state index in [9.17, 15) is 10.2 Å². The second-order valence-electron chi connectivity index (χ2n) is 37.4. The molecule has 36 nitrogen and oxygen atoms in total. The summed E-state index contributed by atoms with van der Waals surface area (Å²) in [6.45, 7) is 42.6. The number of aromatic nitrogens is 15. The van der Waals surface area contributed by atoms with Gasteiger partial charge in [-0.25, -0.2) is 47.5 Å². The van der Waals surface area contributed by atoms with Crippen molar-refractivity contribution in [3.05, 3.63) is 151 Å². The van der Waals surface area contributed by atoms with Gasteiger partial charge in [-0.15, -0.1) is 0 Å². The molecule has 41 heteroatoms. The molecule has 16 atom stereocenters. The van der Waals surface area contributed by atoms with Crippen molar-refractivity contribution < 1.29 is 74.4 Å². The Morgan fingerprint density at radius 3 is 1.13 bits per heavy atom. The van der Waals surface area contributed by atoms with Gasteiger partial charge in [-0.2, -0.15) is 25.5 Å². The Morgan fingerprint density at radius 1 is 0.415 bits per heavy atom. The normalized spacial score (nSPS) is 26.9. The molecule has 13 N–H and O–H groups in total. The summed E-state index contributed by atoms with van der Waals surface area (Å²) in [5, 5.41) is 49.5. The van der Waals surface area contributed by atoms with Crippen molar-refractivity contribution in [1.82, 2.24) is 73.0 Å². The molecule has 1 aromatic carbocycles. The van der Waals surface area contributed by atoms with Crippen LogP contribution in [0.4, 0.5) is 29.1 Å². The van der Waals surface area contributed by atoms with E-state index in [2.05, 4.69) is 182 Å². The first-order chi connectivity index (χ1) is 62.0. The lowest BCUT2D eigenvalue weighted by Gasteiger charge is -2.51. The molecular weight excluding hydrogens is 1750 g/mol. The number of anilines is 5. The molecule has 7 fully saturated rings. The number of para-hydroxylation sites is 1. The number of ether oxygens (including phenoxy) is 7. The minimum Gasteiger partial charge on any atom is -0.447 e. The smallest absolute Gasteiger partial charge is 0.358 e. The summed E-state index contributed by atoms with van der Waals surface area (Å²) in [7, 11) is -10.9. The molecule has 7 aliphatic heterocycles. The number of thiocarbonyl (C=S) groups is 1. The second-order valence-corrected chi connectivity index (χ2v) is 55.4. The van der Waals surface area contributed by atoms with Crippen LogP contribution < -0.4 is 33.4 Å². The molecular formula is C89H132N20O16SSi4. The number of aliphatic hydroxyl groups is 3. The molecule has 17 heterocycles. The largest absolute Gasteiger partial charge is 0.447 e. The highest BCUT2D eigenvalue weighted by Crippen LogP contribution is 2.53. The molecule has 7 aliphatic rings. The predicted molar refractivity (Wildman–Crippen MR) is 504 cm³/mol. The van der Waals surface area contributed by atoms with E-state index in [1.54, 1.807) is 13.5 Å². The van der Waals surface area contributed by atoms with Gasteiger partial charge in [0.15, 0.2) is 35.2 Å². The Bertz CT molecular complexity index is 5360. The Hall–Kier alpha value is -8.68. The van der Waals surface area contributed by atoms with Crippen molar-refractivity contribution in [2.45, 2.75) is 293 Å². The summed E-state index contributed by atoms with van der Waals surface area (Å²) in [5.41, 5.74) is 39.9. The third kappa shape index (κ3) is 19.3. The molecule has 706 valence electrons. The van der Waals surface area contributed by atoms with E-state index < -0.39 is 70.9 Å². The first-order valence-electron chi connectivity index (χ1n) is 45.6. The lowest BCUT2D eigenvalue weighted by Crippen LogP contribution is -2.66. The number of nitrogens with zero attached hydrogens (tertiary/aromatic N) is 15. The van der Waals surface area contributed by atoms with Gasteiger partial charge in [-0.3, -0.25) is 0 Å². The van der Waals surface area contributed by atoms with Crippen molar-refractivity contribution in [3.63, 3.8) is 0 Å². The zero-order chi connectivity index (χ0) is 93.3. The minimum atomic E-state index is -2.97. The molecule has 0 spiro atoms. The van der Waals surface area contributed by atoms with Crippen LogP contribution in [0.15, 0.2) is 123 Å². The molecule has 18 rings (SSSR count). The van der Waals surface area contributed by atoms with E-state index in [-0.39, 0.29) is 83.3 Å². The Labute approximate surface area is 768 Å². The fourth-order valence-corrected chi connectivity index (χ4v) is 42.2. The zero-order valence-corrected chi connectivity index (χ0v) is 82.7. The molecule has 130 heavy (non-hydrogen) atoms. The summed E-state index contributed by atoms with van der Waals surface area (Å²) in [6.07, 6.45) is 7.49. The standard InChI is InChI=1S/C30H44N4O6SSi2.C23H40N4O4Si2.C13H18N4O.C12H16N4O2.C11H14N4O3/c1-18(2)42(19(3)4)35-16-25-27(39-43(40-42,20(5)6)21(7)8)28(38-30(41)36-22-12-10-9-11-13-22)26(37-25)23-14-15-24-29(31)32-17-33-34(23)24;1-14(2)32(15(3)4)28-12-22-21(30-33(31-32,16(5)6)17(7)8)11-20(29-22)18-9-10-19-23(24)25-13-26-27(18)19;1-3-11-8(2)6-12(18-11)9-4-5-10-13(14)15-7-16-17(9)10;1-7-4-10(18-11(7)5-17)8-2-3-9-12(13)14-6-15-16(8)9;12-11-7-2-1-6(15(7)14-5-13-11)9-3-8(17)10(4-16)18-9/h9-15,17-21,25-28H,16H2,1-8H3,(H2,31,32,33);9-10,13-17,20-22H,11-12H2,1-8H3,(H2,24,25,26);4-5,7-8,11-12H,3,6H2,1-2H3,(H2,14,15,16);2-3,6-7,10-11,17H,4-5H2,1H3,(H2,13,14,15);1-2,5,8-10,16-17H,3-4H2,(H2,12,13,14)/t25-,26+,27-,28+;20-,21+,22-;8-,11+,12+;7-,10+,11+;8-,9+,10+/m11000/s1. The van der Waals surface area contributed by atoms with Crippen molar-refractivity contribution in [3.8, 4) is 5.75 Å². The Morgan fingerprint density at radius 2 is 0.762 bits per heavy atom. The lowest BCUT2D eigenvalue weighted by atomic mass is 9.99. The van der Waals surface area contributed by atoms with Crippen LogP contribution in [0.5, 0.6) is 5.75 Å². The van der Waals surface area contributed by atoms with E-state index >= 15 is 0 Å². The zero-order valence-electron chi connectivity index (χ0n) is 77.9. The molecule has 0 aliphatic carbocycles. The topological polar surface area (TPSA) is 462 Å². The van der Waals surface area contributed by atoms with Gasteiger partial charge in [-0.05, 0) is 148 Å². The number of nitrogens with two attached hydrogens (primary N) is 5. The number of hydrogen-bond donors (Lipinski definition) is 8. The van der Waals surface area contributed by atoms with Crippen LogP contribution in [0.25, 0.3) is 27.6 Å². The van der Waals surface area contributed by atoms with E-state index in [0.29, 0.717) is 106 Å². The Kier molecular flexibility index (Phi) is 30.4. The quantitative estimate of drug-likeness (QED) is 0.0292. The van der Waals surface area contributed by atoms with Gasteiger partial charge >= 0.3 is 39.5 Å². The van der Waals surface area contributed by atoms with Gasteiger partial charge in [0.1, 0.15) is 120 Å². The summed E-state index contributed by atoms with van der Waals surface area (Å²) >= 11 is 5.64. The highest BCUT2D eigenvalue weighted by molar-refractivity contribution is 7.79. The summed E-state index contributed by atoms with van der Waals surface area (Å²) < 4.78 is 95.2. The number of fused-ring (bicyclic) bond motifs is 7. The van der Waals surface area contributed by atoms with E-state index in [1.165, 1.54) is 31.6 Å². The molecule has 0 amide bonds. The van der Waals surface area contributed by atoms with Crippen molar-refractivity contribution in [1.29, 1.82) is 0 Å². The average Bonchev–Trinajstić information content (AvgIpc) is 1.57. The van der Waals surface area contributed by atoms with Gasteiger partial charge in [0.05, 0.1) is 79.3 Å². The van der Waals surface area contributed by atoms with Gasteiger partial charge in [-0.1, -0.05) is 150 Å². The van der Waals surface area contributed by atoms with Crippen LogP contribution in [0.3, 0.4) is 0 Å². The highest BCUT2D eigenvalue weighted by Gasteiger charge is 2.64. The number of benzene rings is 1. The van der Waals surface area contributed by atoms with Gasteiger partial charge in [0.25, 0.3) is 0 Å². The summed E-state index contributed by atoms with van der Waals surface area (Å²) in [5.74, 6) is 3.70. The molecule has 7 saturated heterocycles. The fourth-order valence-electron chi connectivity index (χ4n) is 19.6. The highest BCUT2D eigenvalue weighted by atomic mass is 32.1. The van der Waals surface area contributed by atoms with Crippen LogP contribution >= 0.6 is 12.2 Å². The van der Waals surface area contributed by atoms with Gasteiger partial charge in [0.2, 0.25) is 0 Å². The monoisotopic (exact) mass is 1880 g/mol.